The van der Waals surface area contributed by atoms with Gasteiger partial charge in [0.2, 0.25) is 10.0 Å². The largest absolute Gasteiger partial charge is 0.493 e. The van der Waals surface area contributed by atoms with E-state index in [9.17, 15) is 18.5 Å². The van der Waals surface area contributed by atoms with E-state index in [4.69, 9.17) is 14.2 Å². The molecule has 32 heavy (non-hydrogen) atoms. The van der Waals surface area contributed by atoms with Crippen molar-refractivity contribution in [3.05, 3.63) is 52.1 Å². The molecule has 1 N–H and O–H groups in total. The number of methoxy groups -OCH3 is 1. The van der Waals surface area contributed by atoms with E-state index in [0.717, 1.165) is 6.07 Å². The van der Waals surface area contributed by atoms with Gasteiger partial charge in [-0.05, 0) is 36.8 Å². The number of benzene rings is 2. The van der Waals surface area contributed by atoms with Gasteiger partial charge in [0.05, 0.1) is 43.8 Å². The summed E-state index contributed by atoms with van der Waals surface area (Å²) in [5.74, 6) is 1.12. The Morgan fingerprint density at radius 1 is 1.22 bits per heavy atom. The molecule has 0 aliphatic carbocycles. The van der Waals surface area contributed by atoms with Crippen LogP contribution in [-0.2, 0) is 14.8 Å². The van der Waals surface area contributed by atoms with Gasteiger partial charge in [0.1, 0.15) is 4.90 Å². The first-order chi connectivity index (χ1) is 15.4. The molecule has 3 rings (SSSR count). The van der Waals surface area contributed by atoms with Crippen molar-refractivity contribution >= 4 is 27.6 Å². The van der Waals surface area contributed by atoms with Crippen LogP contribution in [0, 0.1) is 10.1 Å². The molecule has 1 fully saturated rings. The third-order valence-electron chi connectivity index (χ3n) is 4.65. The van der Waals surface area contributed by atoms with Crippen LogP contribution in [0.5, 0.6) is 11.5 Å². The molecular formula is C20H24N4O7S. The number of morpholine rings is 1. The molecule has 2 aromatic rings. The number of rotatable bonds is 9. The predicted molar refractivity (Wildman–Crippen MR) is 118 cm³/mol. The molecule has 0 unspecified atom stereocenters. The van der Waals surface area contributed by atoms with Crippen molar-refractivity contribution in [1.29, 1.82) is 0 Å². The van der Waals surface area contributed by atoms with Gasteiger partial charge in [-0.15, -0.1) is 0 Å². The summed E-state index contributed by atoms with van der Waals surface area (Å²) in [6.45, 7) is 3.16. The molecule has 172 valence electrons. The van der Waals surface area contributed by atoms with Gasteiger partial charge in [-0.3, -0.25) is 15.5 Å². The van der Waals surface area contributed by atoms with Crippen molar-refractivity contribution in [2.45, 2.75) is 11.8 Å². The molecule has 0 radical (unpaired) electrons. The zero-order chi connectivity index (χ0) is 23.1. The van der Waals surface area contributed by atoms with Crippen LogP contribution in [0.1, 0.15) is 12.5 Å². The Labute approximate surface area is 185 Å². The summed E-state index contributed by atoms with van der Waals surface area (Å²) in [7, 11) is -2.45. The number of hydrogen-bond acceptors (Lipinski definition) is 9. The average Bonchev–Trinajstić information content (AvgIpc) is 2.80. The van der Waals surface area contributed by atoms with E-state index >= 15 is 0 Å². The number of anilines is 1. The Morgan fingerprint density at radius 3 is 2.62 bits per heavy atom. The first-order valence-electron chi connectivity index (χ1n) is 9.83. The van der Waals surface area contributed by atoms with Crippen molar-refractivity contribution in [2.24, 2.45) is 5.10 Å². The van der Waals surface area contributed by atoms with Crippen LogP contribution >= 0.6 is 0 Å². The molecule has 0 atom stereocenters. The molecule has 0 spiro atoms. The van der Waals surface area contributed by atoms with Crippen LogP contribution in [0.4, 0.5) is 11.4 Å². The highest BCUT2D eigenvalue weighted by Crippen LogP contribution is 2.30. The maximum atomic E-state index is 13.1. The predicted octanol–water partition coefficient (Wildman–Crippen LogP) is 2.47. The Bertz CT molecular complexity index is 1100. The van der Waals surface area contributed by atoms with Crippen LogP contribution < -0.4 is 14.9 Å². The summed E-state index contributed by atoms with van der Waals surface area (Å²) < 4.78 is 43.5. The van der Waals surface area contributed by atoms with E-state index in [0.29, 0.717) is 23.7 Å². The molecule has 1 heterocycles. The fourth-order valence-corrected chi connectivity index (χ4v) is 4.64. The van der Waals surface area contributed by atoms with E-state index in [1.165, 1.54) is 29.8 Å². The Kier molecular flexibility index (Phi) is 7.62. The third-order valence-corrected chi connectivity index (χ3v) is 6.59. The van der Waals surface area contributed by atoms with E-state index in [1.807, 2.05) is 6.92 Å². The number of nitro benzene ring substituents is 1. The highest BCUT2D eigenvalue weighted by Gasteiger charge is 2.30. The minimum Gasteiger partial charge on any atom is -0.493 e. The number of nitro groups is 1. The summed E-state index contributed by atoms with van der Waals surface area (Å²) >= 11 is 0. The summed E-state index contributed by atoms with van der Waals surface area (Å²) in [4.78, 5) is 10.3. The van der Waals surface area contributed by atoms with Crippen molar-refractivity contribution in [1.82, 2.24) is 4.31 Å². The van der Waals surface area contributed by atoms with Gasteiger partial charge in [-0.25, -0.2) is 8.42 Å². The molecule has 0 bridgehead atoms. The molecular weight excluding hydrogens is 440 g/mol. The standard InChI is InChI=1S/C20H24N4O7S/c1-3-31-19-12-15(4-7-18(19)29-2)14-21-22-17-6-5-16(24(25)26)13-20(17)32(27,28)23-8-10-30-11-9-23/h4-7,12-14,22H,3,8-11H2,1-2H3/b21-14+. The molecule has 1 aliphatic rings. The lowest BCUT2D eigenvalue weighted by Gasteiger charge is -2.26. The molecule has 1 saturated heterocycles. The second-order valence-corrected chi connectivity index (χ2v) is 8.57. The number of nitrogens with zero attached hydrogens (tertiary/aromatic N) is 3. The zero-order valence-electron chi connectivity index (χ0n) is 17.7. The highest BCUT2D eigenvalue weighted by molar-refractivity contribution is 7.89. The third kappa shape index (κ3) is 5.33. The van der Waals surface area contributed by atoms with Gasteiger partial charge in [0, 0.05) is 25.2 Å². The van der Waals surface area contributed by atoms with Gasteiger partial charge in [0.15, 0.2) is 11.5 Å². The van der Waals surface area contributed by atoms with Crippen LogP contribution in [0.3, 0.4) is 0 Å². The number of hydrazone groups is 1. The van der Waals surface area contributed by atoms with Crippen molar-refractivity contribution in [3.8, 4) is 11.5 Å². The Morgan fingerprint density at radius 2 is 1.97 bits per heavy atom. The topological polar surface area (TPSA) is 133 Å². The molecule has 1 aliphatic heterocycles. The monoisotopic (exact) mass is 464 g/mol. The van der Waals surface area contributed by atoms with E-state index in [1.54, 1.807) is 18.2 Å². The van der Waals surface area contributed by atoms with E-state index in [2.05, 4.69) is 10.5 Å². The summed E-state index contributed by atoms with van der Waals surface area (Å²) in [6.07, 6.45) is 1.48. The normalized spacial score (nSPS) is 14.9. The van der Waals surface area contributed by atoms with E-state index in [-0.39, 0.29) is 42.6 Å². The SMILES string of the molecule is CCOc1cc(/C=N/Nc2ccc([N+](=O)[O-])cc2S(=O)(=O)N2CCOCC2)ccc1OC. The van der Waals surface area contributed by atoms with Crippen LogP contribution in [-0.4, -0.2) is 63.9 Å². The Hall–Kier alpha value is -3.22. The van der Waals surface area contributed by atoms with Crippen molar-refractivity contribution < 1.29 is 27.6 Å². The lowest BCUT2D eigenvalue weighted by molar-refractivity contribution is -0.385. The van der Waals surface area contributed by atoms with Gasteiger partial charge in [0.25, 0.3) is 5.69 Å². The summed E-state index contributed by atoms with van der Waals surface area (Å²) in [5.41, 5.74) is 3.16. The molecule has 11 nitrogen and oxygen atoms in total. The highest BCUT2D eigenvalue weighted by atomic mass is 32.2. The van der Waals surface area contributed by atoms with Crippen molar-refractivity contribution in [2.75, 3.05) is 45.4 Å². The lowest BCUT2D eigenvalue weighted by Crippen LogP contribution is -2.40. The fourth-order valence-electron chi connectivity index (χ4n) is 3.07. The first-order valence-corrected chi connectivity index (χ1v) is 11.3. The minimum atomic E-state index is -3.99. The van der Waals surface area contributed by atoms with E-state index < -0.39 is 14.9 Å². The molecule has 2 aromatic carbocycles. The van der Waals surface area contributed by atoms with Gasteiger partial charge in [-0.1, -0.05) is 0 Å². The maximum absolute atomic E-state index is 13.1. The minimum absolute atomic E-state index is 0.122. The van der Waals surface area contributed by atoms with Crippen LogP contribution in [0.15, 0.2) is 46.4 Å². The Balaban J connectivity index is 1.89. The summed E-state index contributed by atoms with van der Waals surface area (Å²) in [6, 6.07) is 8.79. The zero-order valence-corrected chi connectivity index (χ0v) is 18.5. The number of hydrogen-bond donors (Lipinski definition) is 1. The summed E-state index contributed by atoms with van der Waals surface area (Å²) in [5, 5.41) is 15.3. The molecule has 0 aromatic heterocycles. The van der Waals surface area contributed by atoms with Gasteiger partial charge < -0.3 is 14.2 Å². The second kappa shape index (κ2) is 10.4. The quantitative estimate of drug-likeness (QED) is 0.340. The molecule has 12 heteroatoms. The van der Waals surface area contributed by atoms with Gasteiger partial charge in [-0.2, -0.15) is 9.41 Å². The van der Waals surface area contributed by atoms with Crippen molar-refractivity contribution in [3.63, 3.8) is 0 Å². The van der Waals surface area contributed by atoms with Gasteiger partial charge >= 0.3 is 0 Å². The lowest BCUT2D eigenvalue weighted by atomic mass is 10.2. The smallest absolute Gasteiger partial charge is 0.270 e. The molecule has 0 amide bonds. The van der Waals surface area contributed by atoms with Crippen LogP contribution in [0.2, 0.25) is 0 Å². The first kappa shape index (κ1) is 23.4. The fraction of sp³-hybridized carbons (Fsp3) is 0.350. The van der Waals surface area contributed by atoms with Crippen LogP contribution in [0.25, 0.3) is 0 Å². The number of non-ortho nitro benzene ring substituents is 1. The number of ether oxygens (including phenoxy) is 3. The number of sulfonamides is 1. The maximum Gasteiger partial charge on any atom is 0.270 e. The average molecular weight is 465 g/mol. The second-order valence-electron chi connectivity index (χ2n) is 6.67. The number of nitrogens with one attached hydrogen (secondary N) is 1. The molecule has 0 saturated carbocycles.